The average molecular weight is 268 g/mol. The summed E-state index contributed by atoms with van der Waals surface area (Å²) in [5.74, 6) is 0.998. The smallest absolute Gasteiger partial charge is 0.231 e. The number of rotatable bonds is 4. The fourth-order valence-corrected chi connectivity index (χ4v) is 2.65. The van der Waals surface area contributed by atoms with Crippen LogP contribution in [0.2, 0.25) is 5.15 Å². The molecular formula is C13H18ClN3O. The lowest BCUT2D eigenvalue weighted by Crippen LogP contribution is -2.15. The van der Waals surface area contributed by atoms with Crippen molar-refractivity contribution in [3.63, 3.8) is 0 Å². The second-order valence-electron chi connectivity index (χ2n) is 4.89. The first kappa shape index (κ1) is 13.3. The number of hydrogen-bond acceptors (Lipinski definition) is 3. The molecule has 0 radical (unpaired) electrons. The molecule has 1 aliphatic carbocycles. The van der Waals surface area contributed by atoms with Gasteiger partial charge in [0.2, 0.25) is 11.9 Å². The number of carbonyl (C=O) groups is 1. The minimum atomic E-state index is -0.0245. The van der Waals surface area contributed by atoms with Crippen LogP contribution in [-0.4, -0.2) is 15.9 Å². The molecule has 18 heavy (non-hydrogen) atoms. The van der Waals surface area contributed by atoms with Gasteiger partial charge in [-0.1, -0.05) is 37.3 Å². The van der Waals surface area contributed by atoms with Crippen LogP contribution in [0.3, 0.4) is 0 Å². The van der Waals surface area contributed by atoms with Crippen molar-refractivity contribution in [2.75, 3.05) is 5.32 Å². The summed E-state index contributed by atoms with van der Waals surface area (Å²) in [6.07, 6.45) is 6.65. The average Bonchev–Trinajstić information content (AvgIpc) is 2.77. The fraction of sp³-hybridized carbons (Fsp3) is 0.615. The third-order valence-electron chi connectivity index (χ3n) is 3.33. The number of nitrogens with zero attached hydrogens (tertiary/aromatic N) is 2. The van der Waals surface area contributed by atoms with Gasteiger partial charge in [-0.15, -0.1) is 0 Å². The summed E-state index contributed by atoms with van der Waals surface area (Å²) in [7, 11) is 0. The number of hydrogen-bond donors (Lipinski definition) is 1. The highest BCUT2D eigenvalue weighted by Gasteiger charge is 2.16. The van der Waals surface area contributed by atoms with Crippen LogP contribution in [0.5, 0.6) is 0 Å². The van der Waals surface area contributed by atoms with E-state index < -0.39 is 0 Å². The van der Waals surface area contributed by atoms with Gasteiger partial charge in [0.25, 0.3) is 0 Å². The van der Waals surface area contributed by atoms with Gasteiger partial charge in [-0.3, -0.25) is 10.1 Å². The predicted octanol–water partition coefficient (Wildman–Crippen LogP) is 3.35. The Morgan fingerprint density at radius 2 is 2.17 bits per heavy atom. The highest BCUT2D eigenvalue weighted by atomic mass is 35.5. The van der Waals surface area contributed by atoms with Gasteiger partial charge in [0.05, 0.1) is 0 Å². The van der Waals surface area contributed by atoms with Crippen LogP contribution >= 0.6 is 11.6 Å². The molecule has 2 rings (SSSR count). The quantitative estimate of drug-likeness (QED) is 0.851. The molecule has 0 bridgehead atoms. The topological polar surface area (TPSA) is 54.9 Å². The van der Waals surface area contributed by atoms with Crippen LogP contribution in [0.1, 0.15) is 44.2 Å². The van der Waals surface area contributed by atoms with E-state index >= 15 is 0 Å². The van der Waals surface area contributed by atoms with E-state index in [2.05, 4.69) is 15.3 Å². The van der Waals surface area contributed by atoms with Gasteiger partial charge in [0, 0.05) is 12.1 Å². The molecule has 1 aromatic heterocycles. The molecule has 0 aromatic carbocycles. The number of nitrogens with one attached hydrogen (secondary N) is 1. The van der Waals surface area contributed by atoms with Crippen LogP contribution < -0.4 is 5.32 Å². The van der Waals surface area contributed by atoms with Crippen molar-refractivity contribution >= 4 is 23.5 Å². The standard InChI is InChI=1S/C13H18ClN3O/c1-9-8-11(14)16-13(15-9)17-12(18)7-6-10-4-2-3-5-10/h8,10H,2-7H2,1H3,(H,15,16,17,18). The first-order valence-electron chi connectivity index (χ1n) is 6.44. The minimum Gasteiger partial charge on any atom is -0.294 e. The maximum Gasteiger partial charge on any atom is 0.231 e. The number of aromatic nitrogens is 2. The third kappa shape index (κ3) is 3.95. The van der Waals surface area contributed by atoms with E-state index in [0.29, 0.717) is 17.5 Å². The van der Waals surface area contributed by atoms with Crippen molar-refractivity contribution in [2.24, 2.45) is 5.92 Å². The van der Waals surface area contributed by atoms with Crippen molar-refractivity contribution in [1.82, 2.24) is 9.97 Å². The number of anilines is 1. The summed E-state index contributed by atoms with van der Waals surface area (Å²) < 4.78 is 0. The molecule has 1 amide bonds. The van der Waals surface area contributed by atoms with Gasteiger partial charge in [0.1, 0.15) is 5.15 Å². The van der Waals surface area contributed by atoms with E-state index in [0.717, 1.165) is 18.0 Å². The predicted molar refractivity (Wildman–Crippen MR) is 71.6 cm³/mol. The second kappa shape index (κ2) is 6.14. The lowest BCUT2D eigenvalue weighted by molar-refractivity contribution is -0.116. The summed E-state index contributed by atoms with van der Waals surface area (Å²) in [5.41, 5.74) is 0.751. The first-order chi connectivity index (χ1) is 8.63. The lowest BCUT2D eigenvalue weighted by Gasteiger charge is -2.08. The number of amides is 1. The fourth-order valence-electron chi connectivity index (χ4n) is 2.41. The van der Waals surface area contributed by atoms with E-state index in [-0.39, 0.29) is 5.91 Å². The summed E-state index contributed by atoms with van der Waals surface area (Å²) in [5, 5.41) is 3.06. The lowest BCUT2D eigenvalue weighted by atomic mass is 10.0. The van der Waals surface area contributed by atoms with Gasteiger partial charge in [-0.2, -0.15) is 0 Å². The molecule has 4 nitrogen and oxygen atoms in total. The Labute approximate surface area is 112 Å². The van der Waals surface area contributed by atoms with E-state index in [4.69, 9.17) is 11.6 Å². The van der Waals surface area contributed by atoms with E-state index in [1.165, 1.54) is 25.7 Å². The molecule has 1 aliphatic rings. The molecule has 0 spiro atoms. The third-order valence-corrected chi connectivity index (χ3v) is 3.52. The molecule has 1 N–H and O–H groups in total. The van der Waals surface area contributed by atoms with Crippen LogP contribution in [0.4, 0.5) is 5.95 Å². The molecule has 0 unspecified atom stereocenters. The highest BCUT2D eigenvalue weighted by molar-refractivity contribution is 6.29. The van der Waals surface area contributed by atoms with Crippen LogP contribution in [0.25, 0.3) is 0 Å². The largest absolute Gasteiger partial charge is 0.294 e. The summed E-state index contributed by atoms with van der Waals surface area (Å²) in [6.45, 7) is 1.82. The minimum absolute atomic E-state index is 0.0245. The molecule has 5 heteroatoms. The Morgan fingerprint density at radius 3 is 2.83 bits per heavy atom. The summed E-state index contributed by atoms with van der Waals surface area (Å²) in [4.78, 5) is 19.9. The molecule has 1 aromatic rings. The second-order valence-corrected chi connectivity index (χ2v) is 5.28. The maximum absolute atomic E-state index is 11.8. The Hall–Kier alpha value is -1.16. The molecule has 0 saturated heterocycles. The van der Waals surface area contributed by atoms with Gasteiger partial charge in [-0.05, 0) is 25.3 Å². The van der Waals surface area contributed by atoms with Gasteiger partial charge in [-0.25, -0.2) is 9.97 Å². The maximum atomic E-state index is 11.8. The van der Waals surface area contributed by atoms with Gasteiger partial charge >= 0.3 is 0 Å². The van der Waals surface area contributed by atoms with Crippen molar-refractivity contribution in [3.05, 3.63) is 16.9 Å². The van der Waals surface area contributed by atoms with Crippen molar-refractivity contribution in [3.8, 4) is 0 Å². The SMILES string of the molecule is Cc1cc(Cl)nc(NC(=O)CCC2CCCC2)n1. The highest BCUT2D eigenvalue weighted by Crippen LogP contribution is 2.28. The first-order valence-corrected chi connectivity index (χ1v) is 6.82. The molecule has 0 aliphatic heterocycles. The van der Waals surface area contributed by atoms with Crippen LogP contribution in [0.15, 0.2) is 6.07 Å². The van der Waals surface area contributed by atoms with Crippen molar-refractivity contribution in [1.29, 1.82) is 0 Å². The van der Waals surface area contributed by atoms with E-state index in [9.17, 15) is 4.79 Å². The zero-order valence-electron chi connectivity index (χ0n) is 10.6. The normalized spacial score (nSPS) is 15.9. The number of carbonyl (C=O) groups excluding carboxylic acids is 1. The van der Waals surface area contributed by atoms with Crippen molar-refractivity contribution in [2.45, 2.75) is 45.4 Å². The summed E-state index contributed by atoms with van der Waals surface area (Å²) >= 11 is 5.81. The van der Waals surface area contributed by atoms with E-state index in [1.807, 2.05) is 6.92 Å². The van der Waals surface area contributed by atoms with Crippen LogP contribution in [0, 0.1) is 12.8 Å². The van der Waals surface area contributed by atoms with Crippen LogP contribution in [-0.2, 0) is 4.79 Å². The molecule has 0 atom stereocenters. The molecule has 1 heterocycles. The van der Waals surface area contributed by atoms with Gasteiger partial charge < -0.3 is 0 Å². The zero-order chi connectivity index (χ0) is 13.0. The van der Waals surface area contributed by atoms with Crippen molar-refractivity contribution < 1.29 is 4.79 Å². The monoisotopic (exact) mass is 267 g/mol. The molecule has 1 saturated carbocycles. The molecule has 1 fully saturated rings. The Kier molecular flexibility index (Phi) is 4.53. The van der Waals surface area contributed by atoms with Gasteiger partial charge in [0.15, 0.2) is 0 Å². The van der Waals surface area contributed by atoms with E-state index in [1.54, 1.807) is 6.07 Å². The number of aryl methyl sites for hydroxylation is 1. The number of halogens is 1. The molecular weight excluding hydrogens is 250 g/mol. The Balaban J connectivity index is 1.82. The summed E-state index contributed by atoms with van der Waals surface area (Å²) in [6, 6.07) is 1.66. The zero-order valence-corrected chi connectivity index (χ0v) is 11.3. The Bertz CT molecular complexity index is 410. The Morgan fingerprint density at radius 1 is 1.44 bits per heavy atom. The molecule has 98 valence electrons.